The first-order valence-corrected chi connectivity index (χ1v) is 6.77. The average molecular weight is 330 g/mol. The third-order valence-electron chi connectivity index (χ3n) is 3.13. The zero-order chi connectivity index (χ0) is 14.6. The van der Waals surface area contributed by atoms with Gasteiger partial charge in [0.25, 0.3) is 4.82 Å². The second-order valence-corrected chi connectivity index (χ2v) is 5.75. The number of hydrogen-bond donors (Lipinski definition) is 1. The predicted molar refractivity (Wildman–Crippen MR) is 79.6 cm³/mol. The highest BCUT2D eigenvalue weighted by atomic mass is 79.9. The Morgan fingerprint density at radius 2 is 1.79 bits per heavy atom. The zero-order valence-corrected chi connectivity index (χ0v) is 13.6. The first kappa shape index (κ1) is 15.8. The van der Waals surface area contributed by atoms with E-state index < -0.39 is 0 Å². The van der Waals surface area contributed by atoms with Gasteiger partial charge in [-0.3, -0.25) is 4.79 Å². The van der Waals surface area contributed by atoms with Crippen LogP contribution < -0.4 is 14.8 Å². The Hall–Kier alpha value is -1.23. The van der Waals surface area contributed by atoms with E-state index in [-0.39, 0.29) is 10.2 Å². The van der Waals surface area contributed by atoms with Gasteiger partial charge >= 0.3 is 0 Å². The van der Waals surface area contributed by atoms with Crippen molar-refractivity contribution in [1.29, 1.82) is 0 Å². The molecule has 1 aromatic carbocycles. The number of rotatable bonds is 5. The first-order chi connectivity index (χ1) is 8.81. The van der Waals surface area contributed by atoms with Crippen LogP contribution in [-0.4, -0.2) is 25.6 Å². The first-order valence-electron chi connectivity index (χ1n) is 5.98. The Morgan fingerprint density at radius 3 is 2.26 bits per heavy atom. The Labute approximate surface area is 122 Å². The largest absolute Gasteiger partial charge is 0.493 e. The standard InChI is InChI=1S/C14H20BrNO3/c1-9-6-11(18-4)12(19-5)7-10(9)14(2,3)8-16-13(15)17/h6-7H,8H2,1-5H3,(H,16,17). The van der Waals surface area contributed by atoms with Crippen molar-refractivity contribution < 1.29 is 14.3 Å². The summed E-state index contributed by atoms with van der Waals surface area (Å²) in [4.78, 5) is 10.8. The summed E-state index contributed by atoms with van der Waals surface area (Å²) in [6.45, 7) is 6.71. The maximum atomic E-state index is 11.0. The molecule has 1 amide bonds. The summed E-state index contributed by atoms with van der Waals surface area (Å²) < 4.78 is 10.6. The molecule has 0 radical (unpaired) electrons. The van der Waals surface area contributed by atoms with Crippen LogP contribution in [-0.2, 0) is 5.41 Å². The topological polar surface area (TPSA) is 47.6 Å². The van der Waals surface area contributed by atoms with Crippen LogP contribution in [0.3, 0.4) is 0 Å². The van der Waals surface area contributed by atoms with Gasteiger partial charge in [-0.1, -0.05) is 13.8 Å². The van der Waals surface area contributed by atoms with E-state index in [2.05, 4.69) is 35.1 Å². The molecular formula is C14H20BrNO3. The van der Waals surface area contributed by atoms with Crippen molar-refractivity contribution in [2.24, 2.45) is 0 Å². The van der Waals surface area contributed by atoms with Crippen LogP contribution in [0, 0.1) is 6.92 Å². The van der Waals surface area contributed by atoms with Crippen molar-refractivity contribution in [3.05, 3.63) is 23.3 Å². The van der Waals surface area contributed by atoms with Crippen LogP contribution in [0.15, 0.2) is 12.1 Å². The van der Waals surface area contributed by atoms with Gasteiger partial charge in [-0.2, -0.15) is 0 Å². The van der Waals surface area contributed by atoms with Crippen LogP contribution in [0.5, 0.6) is 11.5 Å². The number of carbonyl (C=O) groups excluding carboxylic acids is 1. The number of nitrogens with one attached hydrogen (secondary N) is 1. The minimum Gasteiger partial charge on any atom is -0.493 e. The summed E-state index contributed by atoms with van der Waals surface area (Å²) in [5.41, 5.74) is 2.02. The number of aryl methyl sites for hydroxylation is 1. The minimum absolute atomic E-state index is 0.201. The Bertz CT molecular complexity index is 472. The molecule has 0 unspecified atom stereocenters. The molecule has 19 heavy (non-hydrogen) atoms. The number of carbonyl (C=O) groups is 1. The van der Waals surface area contributed by atoms with Crippen molar-refractivity contribution in [2.75, 3.05) is 20.8 Å². The molecule has 0 fully saturated rings. The van der Waals surface area contributed by atoms with Gasteiger partial charge in [0.15, 0.2) is 11.5 Å². The molecule has 1 rings (SSSR count). The van der Waals surface area contributed by atoms with Crippen molar-refractivity contribution in [2.45, 2.75) is 26.2 Å². The molecule has 0 saturated heterocycles. The summed E-state index contributed by atoms with van der Waals surface area (Å²) in [5, 5.41) is 2.78. The number of ether oxygens (including phenoxy) is 2. The predicted octanol–water partition coefficient (Wildman–Crippen LogP) is 3.39. The normalized spacial score (nSPS) is 11.1. The van der Waals surface area contributed by atoms with Gasteiger partial charge in [0.05, 0.1) is 14.2 Å². The quantitative estimate of drug-likeness (QED) is 0.665. The lowest BCUT2D eigenvalue weighted by atomic mass is 9.81. The lowest BCUT2D eigenvalue weighted by Crippen LogP contribution is -2.34. The highest BCUT2D eigenvalue weighted by Crippen LogP contribution is 2.35. The van der Waals surface area contributed by atoms with Crippen molar-refractivity contribution in [3.63, 3.8) is 0 Å². The van der Waals surface area contributed by atoms with E-state index in [1.165, 1.54) is 0 Å². The van der Waals surface area contributed by atoms with E-state index >= 15 is 0 Å². The van der Waals surface area contributed by atoms with Crippen LogP contribution >= 0.6 is 15.9 Å². The number of amides is 1. The molecule has 5 heteroatoms. The van der Waals surface area contributed by atoms with Crippen molar-refractivity contribution >= 4 is 20.7 Å². The monoisotopic (exact) mass is 329 g/mol. The van der Waals surface area contributed by atoms with Crippen LogP contribution in [0.1, 0.15) is 25.0 Å². The van der Waals surface area contributed by atoms with E-state index in [1.54, 1.807) is 14.2 Å². The highest BCUT2D eigenvalue weighted by molar-refractivity contribution is 9.18. The molecule has 1 aromatic rings. The second kappa shape index (κ2) is 6.28. The van der Waals surface area contributed by atoms with Gasteiger partial charge in [0, 0.05) is 27.9 Å². The third kappa shape index (κ3) is 3.86. The summed E-state index contributed by atoms with van der Waals surface area (Å²) in [6.07, 6.45) is 0. The smallest absolute Gasteiger partial charge is 0.287 e. The van der Waals surface area contributed by atoms with Gasteiger partial charge in [-0.05, 0) is 30.2 Å². The lowest BCUT2D eigenvalue weighted by molar-refractivity contribution is 0.259. The molecule has 0 aliphatic carbocycles. The Morgan fingerprint density at radius 1 is 1.26 bits per heavy atom. The molecule has 0 atom stereocenters. The molecular weight excluding hydrogens is 310 g/mol. The SMILES string of the molecule is COc1cc(C)c(C(C)(C)CNC(=O)Br)cc1OC. The number of hydrogen-bond acceptors (Lipinski definition) is 3. The summed E-state index contributed by atoms with van der Waals surface area (Å²) in [5.74, 6) is 1.41. The summed E-state index contributed by atoms with van der Waals surface area (Å²) >= 11 is 2.87. The van der Waals surface area contributed by atoms with Crippen LogP contribution in [0.4, 0.5) is 4.79 Å². The van der Waals surface area contributed by atoms with E-state index in [0.29, 0.717) is 18.0 Å². The fourth-order valence-electron chi connectivity index (χ4n) is 2.10. The molecule has 0 aliphatic rings. The molecule has 0 saturated carbocycles. The van der Waals surface area contributed by atoms with Gasteiger partial charge in [-0.15, -0.1) is 0 Å². The van der Waals surface area contributed by atoms with E-state index in [0.717, 1.165) is 11.1 Å². The van der Waals surface area contributed by atoms with E-state index in [4.69, 9.17) is 9.47 Å². The number of halogens is 1. The van der Waals surface area contributed by atoms with Crippen molar-refractivity contribution in [3.8, 4) is 11.5 Å². The average Bonchev–Trinajstić information content (AvgIpc) is 2.35. The molecule has 0 spiro atoms. The van der Waals surface area contributed by atoms with Gasteiger partial charge in [0.1, 0.15) is 0 Å². The summed E-state index contributed by atoms with van der Waals surface area (Å²) in [7, 11) is 3.23. The van der Waals surface area contributed by atoms with E-state index in [9.17, 15) is 4.79 Å². The van der Waals surface area contributed by atoms with Gasteiger partial charge in [-0.25, -0.2) is 0 Å². The molecule has 106 valence electrons. The lowest BCUT2D eigenvalue weighted by Gasteiger charge is -2.28. The maximum absolute atomic E-state index is 11.0. The fourth-order valence-corrected chi connectivity index (χ4v) is 2.24. The third-order valence-corrected chi connectivity index (χ3v) is 3.41. The molecule has 0 aromatic heterocycles. The minimum atomic E-state index is -0.210. The van der Waals surface area contributed by atoms with E-state index in [1.807, 2.05) is 19.1 Å². The molecule has 1 N–H and O–H groups in total. The van der Waals surface area contributed by atoms with Crippen molar-refractivity contribution in [1.82, 2.24) is 5.32 Å². The zero-order valence-electron chi connectivity index (χ0n) is 12.0. The summed E-state index contributed by atoms with van der Waals surface area (Å²) in [6, 6.07) is 3.92. The second-order valence-electron chi connectivity index (χ2n) is 5.03. The van der Waals surface area contributed by atoms with Gasteiger partial charge in [0.2, 0.25) is 0 Å². The van der Waals surface area contributed by atoms with Crippen LogP contribution in [0.2, 0.25) is 0 Å². The maximum Gasteiger partial charge on any atom is 0.287 e. The number of benzene rings is 1. The molecule has 0 aliphatic heterocycles. The number of methoxy groups -OCH3 is 2. The Balaban J connectivity index is 3.14. The van der Waals surface area contributed by atoms with Crippen LogP contribution in [0.25, 0.3) is 0 Å². The molecule has 4 nitrogen and oxygen atoms in total. The molecule has 0 heterocycles. The van der Waals surface area contributed by atoms with Gasteiger partial charge < -0.3 is 14.8 Å². The fraction of sp³-hybridized carbons (Fsp3) is 0.500. The Kier molecular flexibility index (Phi) is 5.23. The highest BCUT2D eigenvalue weighted by Gasteiger charge is 2.25. The molecule has 0 bridgehead atoms.